The van der Waals surface area contributed by atoms with Crippen LogP contribution in [0.1, 0.15) is 17.4 Å². The van der Waals surface area contributed by atoms with Crippen LogP contribution in [0, 0.1) is 3.57 Å². The number of carboxylic acid groups (broad SMARTS) is 1. The van der Waals surface area contributed by atoms with Gasteiger partial charge in [0.05, 0.1) is 15.7 Å². The summed E-state index contributed by atoms with van der Waals surface area (Å²) < 4.78 is 6.80. The van der Waals surface area contributed by atoms with Gasteiger partial charge in [-0.15, -0.1) is 0 Å². The second kappa shape index (κ2) is 8.52. The molecule has 4 rings (SSSR count). The molecule has 28 heavy (non-hydrogen) atoms. The van der Waals surface area contributed by atoms with Crippen molar-refractivity contribution in [3.63, 3.8) is 0 Å². The molecule has 0 spiro atoms. The summed E-state index contributed by atoms with van der Waals surface area (Å²) in [7, 11) is 0. The number of hydrogen-bond donors (Lipinski definition) is 1. The molecule has 0 atom stereocenters. The van der Waals surface area contributed by atoms with Gasteiger partial charge < -0.3 is 9.84 Å². The molecule has 1 N–H and O–H groups in total. The molecule has 136 valence electrons. The van der Waals surface area contributed by atoms with Gasteiger partial charge in [0.1, 0.15) is 11.4 Å². The van der Waals surface area contributed by atoms with E-state index in [1.54, 1.807) is 6.07 Å². The number of carboxylic acids is 1. The van der Waals surface area contributed by atoms with Crippen molar-refractivity contribution in [2.75, 3.05) is 6.61 Å². The molecule has 0 saturated heterocycles. The zero-order chi connectivity index (χ0) is 19.0. The number of rotatable bonds is 4. The molecule has 0 aliphatic heterocycles. The molecule has 4 aromatic rings. The number of hydrogen-bond acceptors (Lipinski definition) is 3. The molecule has 0 radical (unpaired) electrons. The van der Waals surface area contributed by atoms with Gasteiger partial charge >= 0.3 is 24.8 Å². The topological polar surface area (TPSA) is 59.4 Å². The predicted molar refractivity (Wildman–Crippen MR) is 123 cm³/mol. The predicted octanol–water partition coefficient (Wildman–Crippen LogP) is 5.11. The number of pyridine rings is 1. The molecule has 0 bridgehead atoms. The van der Waals surface area contributed by atoms with Crippen molar-refractivity contribution in [2.24, 2.45) is 0 Å². The Kier molecular flexibility index (Phi) is 6.29. The van der Waals surface area contributed by atoms with Crippen molar-refractivity contribution < 1.29 is 14.6 Å². The van der Waals surface area contributed by atoms with Crippen molar-refractivity contribution in [1.29, 1.82) is 0 Å². The third-order valence-corrected chi connectivity index (χ3v) is 5.27. The van der Waals surface area contributed by atoms with Gasteiger partial charge in [0, 0.05) is 10.9 Å². The molecule has 0 saturated carbocycles. The molecule has 0 aliphatic carbocycles. The van der Waals surface area contributed by atoms with Gasteiger partial charge in [-0.2, -0.15) is 0 Å². The Labute approximate surface area is 188 Å². The van der Waals surface area contributed by atoms with Gasteiger partial charge in [0.15, 0.2) is 0 Å². The molecule has 1 heterocycles. The summed E-state index contributed by atoms with van der Waals surface area (Å²) in [6.45, 7) is 2.46. The first kappa shape index (κ1) is 20.7. The molecule has 0 unspecified atom stereocenters. The number of halogens is 1. The minimum absolute atomic E-state index is 0. The Balaban J connectivity index is 0.00000225. The Hall–Kier alpha value is -2.07. The van der Waals surface area contributed by atoms with Gasteiger partial charge in [-0.3, -0.25) is 0 Å². The summed E-state index contributed by atoms with van der Waals surface area (Å²) in [6, 6.07) is 19.6. The quantitative estimate of drug-likeness (QED) is 0.328. The van der Waals surface area contributed by atoms with Gasteiger partial charge in [-0.25, -0.2) is 9.78 Å². The van der Waals surface area contributed by atoms with E-state index in [9.17, 15) is 9.90 Å². The third-order valence-electron chi connectivity index (χ3n) is 4.47. The van der Waals surface area contributed by atoms with Crippen molar-refractivity contribution in [1.82, 2.24) is 4.98 Å². The molecular weight excluding hydrogens is 460 g/mol. The van der Waals surface area contributed by atoms with Gasteiger partial charge in [0.2, 0.25) is 0 Å². The number of aromatic nitrogens is 1. The second-order valence-corrected chi connectivity index (χ2v) is 7.25. The molecule has 3 aromatic carbocycles. The summed E-state index contributed by atoms with van der Waals surface area (Å²) in [4.78, 5) is 15.9. The number of aromatic carboxylic acids is 1. The fourth-order valence-corrected chi connectivity index (χ4v) is 4.07. The SMILES string of the molecule is CCOc1c(I)cc(-c2cccc3ccccc23)c2nc(C(=O)O)ccc12.[LiH]. The van der Waals surface area contributed by atoms with Crippen LogP contribution in [-0.2, 0) is 0 Å². The van der Waals surface area contributed by atoms with Gasteiger partial charge in [0.25, 0.3) is 0 Å². The van der Waals surface area contributed by atoms with Crippen LogP contribution in [0.5, 0.6) is 5.75 Å². The van der Waals surface area contributed by atoms with Crippen LogP contribution in [0.25, 0.3) is 32.8 Å². The fourth-order valence-electron chi connectivity index (χ4n) is 3.31. The molecule has 6 heteroatoms. The molecule has 1 aromatic heterocycles. The molecule has 0 amide bonds. The summed E-state index contributed by atoms with van der Waals surface area (Å²) in [5.41, 5.74) is 2.58. The zero-order valence-corrected chi connectivity index (χ0v) is 16.7. The normalized spacial score (nSPS) is 10.6. The van der Waals surface area contributed by atoms with E-state index in [4.69, 9.17) is 4.74 Å². The first-order chi connectivity index (χ1) is 13.1. The van der Waals surface area contributed by atoms with Crippen molar-refractivity contribution in [3.05, 3.63) is 69.9 Å². The van der Waals surface area contributed by atoms with Gasteiger partial charge in [-0.1, -0.05) is 42.5 Å². The fraction of sp³-hybridized carbons (Fsp3) is 0.0909. The molecule has 0 aliphatic rings. The van der Waals surface area contributed by atoms with E-state index in [2.05, 4.69) is 45.8 Å². The van der Waals surface area contributed by atoms with E-state index in [-0.39, 0.29) is 24.6 Å². The number of benzene rings is 3. The van der Waals surface area contributed by atoms with Gasteiger partial charge in [-0.05, 0) is 64.0 Å². The number of carbonyl (C=O) groups is 1. The first-order valence-corrected chi connectivity index (χ1v) is 9.65. The maximum atomic E-state index is 11.5. The van der Waals surface area contributed by atoms with E-state index >= 15 is 0 Å². The minimum atomic E-state index is -1.04. The number of nitrogens with zero attached hydrogens (tertiary/aromatic N) is 1. The second-order valence-electron chi connectivity index (χ2n) is 6.09. The molecule has 4 nitrogen and oxygen atoms in total. The van der Waals surface area contributed by atoms with Crippen molar-refractivity contribution >= 4 is 69.1 Å². The number of ether oxygens (including phenoxy) is 1. The standard InChI is InChI=1S/C22H16INO3.Li.H/c1-2-27-21-16-10-11-19(22(25)26)24-20(16)17(12-18(21)23)15-9-5-7-13-6-3-4-8-14(13)15;;/h3-12H,2H2,1H3,(H,25,26);;. The number of fused-ring (bicyclic) bond motifs is 2. The monoisotopic (exact) mass is 477 g/mol. The zero-order valence-electron chi connectivity index (χ0n) is 14.6. The Bertz CT molecular complexity index is 1190. The van der Waals surface area contributed by atoms with Crippen LogP contribution in [0.4, 0.5) is 0 Å². The summed E-state index contributed by atoms with van der Waals surface area (Å²) in [5.74, 6) is -0.307. The third kappa shape index (κ3) is 3.62. The Morgan fingerprint density at radius 1 is 1.04 bits per heavy atom. The van der Waals surface area contributed by atoms with Crippen LogP contribution in [0.2, 0.25) is 0 Å². The van der Waals surface area contributed by atoms with E-state index in [1.807, 2.05) is 37.3 Å². The van der Waals surface area contributed by atoms with Crippen molar-refractivity contribution in [2.45, 2.75) is 6.92 Å². The van der Waals surface area contributed by atoms with Crippen LogP contribution in [0.3, 0.4) is 0 Å². The van der Waals surface area contributed by atoms with E-state index in [0.29, 0.717) is 12.1 Å². The molecule has 0 fully saturated rings. The van der Waals surface area contributed by atoms with E-state index < -0.39 is 5.97 Å². The van der Waals surface area contributed by atoms with Crippen LogP contribution in [0.15, 0.2) is 60.7 Å². The maximum absolute atomic E-state index is 11.5. The summed E-state index contributed by atoms with van der Waals surface area (Å²) in [6.07, 6.45) is 0. The van der Waals surface area contributed by atoms with Crippen molar-refractivity contribution in [3.8, 4) is 16.9 Å². The Morgan fingerprint density at radius 3 is 2.54 bits per heavy atom. The van der Waals surface area contributed by atoms with E-state index in [1.165, 1.54) is 6.07 Å². The van der Waals surface area contributed by atoms with E-state index in [0.717, 1.165) is 36.6 Å². The summed E-state index contributed by atoms with van der Waals surface area (Å²) >= 11 is 2.26. The summed E-state index contributed by atoms with van der Waals surface area (Å²) in [5, 5.41) is 12.5. The molecular formula is C22H17ILiNO3. The van der Waals surface area contributed by atoms with Crippen LogP contribution >= 0.6 is 22.6 Å². The van der Waals surface area contributed by atoms with Crippen LogP contribution < -0.4 is 4.74 Å². The average molecular weight is 477 g/mol. The van der Waals surface area contributed by atoms with Crippen LogP contribution in [-0.4, -0.2) is 41.5 Å². The Morgan fingerprint density at radius 2 is 1.79 bits per heavy atom. The average Bonchev–Trinajstić information content (AvgIpc) is 2.69. The first-order valence-electron chi connectivity index (χ1n) is 8.57.